The molecule has 5 nitrogen and oxygen atoms in total. The van der Waals surface area contributed by atoms with Gasteiger partial charge in [-0.1, -0.05) is 0 Å². The summed E-state index contributed by atoms with van der Waals surface area (Å²) in [7, 11) is 0. The van der Waals surface area contributed by atoms with Crippen LogP contribution >= 0.6 is 0 Å². The van der Waals surface area contributed by atoms with Gasteiger partial charge in [0.05, 0.1) is 5.92 Å². The lowest BCUT2D eigenvalue weighted by atomic mass is 9.97. The van der Waals surface area contributed by atoms with Crippen LogP contribution in [0.2, 0.25) is 0 Å². The van der Waals surface area contributed by atoms with Gasteiger partial charge < -0.3 is 15.0 Å². The molecule has 5 heteroatoms. The average Bonchev–Trinajstić information content (AvgIpc) is 2.47. The van der Waals surface area contributed by atoms with Crippen molar-refractivity contribution in [2.45, 2.75) is 12.8 Å². The minimum Gasteiger partial charge on any atom is -0.481 e. The maximum atomic E-state index is 11.3. The summed E-state index contributed by atoms with van der Waals surface area (Å²) in [4.78, 5) is 27.3. The van der Waals surface area contributed by atoms with Crippen LogP contribution in [0.5, 0.6) is 0 Å². The van der Waals surface area contributed by atoms with Crippen molar-refractivity contribution >= 4 is 22.6 Å². The van der Waals surface area contributed by atoms with Gasteiger partial charge in [0.15, 0.2) is 0 Å². The number of carboxylic acids is 1. The Morgan fingerprint density at radius 2 is 2.15 bits per heavy atom. The number of anilines is 1. The van der Waals surface area contributed by atoms with E-state index in [2.05, 4.69) is 9.88 Å². The summed E-state index contributed by atoms with van der Waals surface area (Å²) in [6.07, 6.45) is 1.63. The molecule has 2 aromatic rings. The van der Waals surface area contributed by atoms with Crippen LogP contribution in [-0.4, -0.2) is 29.1 Å². The number of rotatable bonds is 2. The molecule has 2 N–H and O–H groups in total. The summed E-state index contributed by atoms with van der Waals surface area (Å²) in [6.45, 7) is 1.42. The second-order valence-electron chi connectivity index (χ2n) is 5.22. The molecule has 0 radical (unpaired) electrons. The van der Waals surface area contributed by atoms with Crippen LogP contribution < -0.4 is 10.5 Å². The minimum absolute atomic E-state index is 0.117. The molecule has 104 valence electrons. The lowest BCUT2D eigenvalue weighted by Gasteiger charge is -2.32. The first-order valence-corrected chi connectivity index (χ1v) is 6.74. The number of aliphatic carboxylic acids is 1. The molecule has 1 aromatic heterocycles. The molecule has 0 saturated carbocycles. The summed E-state index contributed by atoms with van der Waals surface area (Å²) in [5, 5.41) is 10.1. The summed E-state index contributed by atoms with van der Waals surface area (Å²) in [5.74, 6) is -1.02. The lowest BCUT2D eigenvalue weighted by Crippen LogP contribution is -2.38. The number of carboxylic acid groups (broad SMARTS) is 1. The van der Waals surface area contributed by atoms with Crippen LogP contribution in [0.4, 0.5) is 5.69 Å². The Bertz CT molecular complexity index is 708. The highest BCUT2D eigenvalue weighted by Crippen LogP contribution is 2.25. The Morgan fingerprint density at radius 1 is 1.30 bits per heavy atom. The molecule has 1 unspecified atom stereocenters. The van der Waals surface area contributed by atoms with Crippen molar-refractivity contribution in [1.29, 1.82) is 0 Å². The van der Waals surface area contributed by atoms with Crippen LogP contribution in [0.25, 0.3) is 10.9 Å². The third-order valence-corrected chi connectivity index (χ3v) is 3.84. The maximum Gasteiger partial charge on any atom is 0.308 e. The second kappa shape index (κ2) is 5.00. The Labute approximate surface area is 115 Å². The molecule has 0 bridgehead atoms. The van der Waals surface area contributed by atoms with E-state index in [1.165, 1.54) is 6.07 Å². The Morgan fingerprint density at radius 3 is 2.95 bits per heavy atom. The number of H-pyrrole nitrogens is 1. The number of piperidine rings is 1. The average molecular weight is 272 g/mol. The van der Waals surface area contributed by atoms with Gasteiger partial charge in [0.25, 0.3) is 0 Å². The normalized spacial score (nSPS) is 19.2. The zero-order valence-electron chi connectivity index (χ0n) is 11.0. The van der Waals surface area contributed by atoms with E-state index in [1.54, 1.807) is 6.07 Å². The van der Waals surface area contributed by atoms with Crippen molar-refractivity contribution in [2.75, 3.05) is 18.0 Å². The van der Waals surface area contributed by atoms with E-state index in [1.807, 2.05) is 18.2 Å². The molecule has 1 aromatic carbocycles. The van der Waals surface area contributed by atoms with Gasteiger partial charge in [-0.2, -0.15) is 0 Å². The van der Waals surface area contributed by atoms with Crippen LogP contribution in [-0.2, 0) is 4.79 Å². The molecule has 1 aliphatic heterocycles. The van der Waals surface area contributed by atoms with Gasteiger partial charge in [0, 0.05) is 35.7 Å². The van der Waals surface area contributed by atoms with Gasteiger partial charge in [-0.15, -0.1) is 0 Å². The monoisotopic (exact) mass is 272 g/mol. The highest BCUT2D eigenvalue weighted by atomic mass is 16.4. The lowest BCUT2D eigenvalue weighted by molar-refractivity contribution is -0.141. The summed E-state index contributed by atoms with van der Waals surface area (Å²) >= 11 is 0. The number of benzene rings is 1. The number of hydrogen-bond acceptors (Lipinski definition) is 3. The summed E-state index contributed by atoms with van der Waals surface area (Å²) in [5.41, 5.74) is 1.69. The first-order chi connectivity index (χ1) is 9.63. The third-order valence-electron chi connectivity index (χ3n) is 3.84. The molecule has 1 atom stereocenters. The highest BCUT2D eigenvalue weighted by molar-refractivity contribution is 5.82. The number of nitrogens with one attached hydrogen (secondary N) is 1. The first kappa shape index (κ1) is 12.7. The second-order valence-corrected chi connectivity index (χ2v) is 5.22. The Kier molecular flexibility index (Phi) is 3.18. The predicted molar refractivity (Wildman–Crippen MR) is 77.1 cm³/mol. The number of nitrogens with zero attached hydrogens (tertiary/aromatic N) is 1. The van der Waals surface area contributed by atoms with E-state index in [0.717, 1.165) is 36.0 Å². The van der Waals surface area contributed by atoms with Gasteiger partial charge in [-0.05, 0) is 37.1 Å². The summed E-state index contributed by atoms with van der Waals surface area (Å²) in [6, 6.07) is 9.09. The van der Waals surface area contributed by atoms with E-state index in [9.17, 15) is 9.59 Å². The Hall–Kier alpha value is -2.30. The van der Waals surface area contributed by atoms with Crippen molar-refractivity contribution in [1.82, 2.24) is 4.98 Å². The van der Waals surface area contributed by atoms with Crippen LogP contribution in [0, 0.1) is 5.92 Å². The largest absolute Gasteiger partial charge is 0.481 e. The number of fused-ring (bicyclic) bond motifs is 1. The quantitative estimate of drug-likeness (QED) is 0.874. The number of hydrogen-bond donors (Lipinski definition) is 2. The van der Waals surface area contributed by atoms with E-state index < -0.39 is 5.97 Å². The molecule has 1 saturated heterocycles. The molecule has 20 heavy (non-hydrogen) atoms. The van der Waals surface area contributed by atoms with Gasteiger partial charge in [-0.25, -0.2) is 0 Å². The minimum atomic E-state index is -0.722. The SMILES string of the molecule is O=C(O)C1CCCN(c2ccc3[nH]c(=O)ccc3c2)C1. The maximum absolute atomic E-state index is 11.3. The van der Waals surface area contributed by atoms with Crippen molar-refractivity contribution in [2.24, 2.45) is 5.92 Å². The van der Waals surface area contributed by atoms with Crippen molar-refractivity contribution in [3.8, 4) is 0 Å². The fourth-order valence-corrected chi connectivity index (χ4v) is 2.75. The zero-order valence-corrected chi connectivity index (χ0v) is 11.0. The fraction of sp³-hybridized carbons (Fsp3) is 0.333. The number of carbonyl (C=O) groups is 1. The van der Waals surface area contributed by atoms with Crippen molar-refractivity contribution in [3.63, 3.8) is 0 Å². The third kappa shape index (κ3) is 2.39. The smallest absolute Gasteiger partial charge is 0.308 e. The molecule has 0 spiro atoms. The van der Waals surface area contributed by atoms with E-state index >= 15 is 0 Å². The molecule has 1 aliphatic rings. The molecule has 0 aliphatic carbocycles. The van der Waals surface area contributed by atoms with Crippen molar-refractivity contribution in [3.05, 3.63) is 40.7 Å². The number of aromatic amines is 1. The zero-order chi connectivity index (χ0) is 14.1. The molecular formula is C15H16N2O3. The van der Waals surface area contributed by atoms with Crippen LogP contribution in [0.3, 0.4) is 0 Å². The van der Waals surface area contributed by atoms with Crippen LogP contribution in [0.1, 0.15) is 12.8 Å². The van der Waals surface area contributed by atoms with E-state index in [-0.39, 0.29) is 11.5 Å². The first-order valence-electron chi connectivity index (χ1n) is 6.74. The molecular weight excluding hydrogens is 256 g/mol. The molecule has 2 heterocycles. The van der Waals surface area contributed by atoms with Gasteiger partial charge in [0.2, 0.25) is 5.56 Å². The summed E-state index contributed by atoms with van der Waals surface area (Å²) < 4.78 is 0. The van der Waals surface area contributed by atoms with Gasteiger partial charge in [0.1, 0.15) is 0 Å². The van der Waals surface area contributed by atoms with Crippen molar-refractivity contribution < 1.29 is 9.90 Å². The molecule has 0 amide bonds. The standard InChI is InChI=1S/C15H16N2O3/c18-14-6-3-10-8-12(4-5-13(10)16-14)17-7-1-2-11(9-17)15(19)20/h3-6,8,11H,1-2,7,9H2,(H,16,18)(H,19,20). The molecule has 1 fully saturated rings. The molecule has 3 rings (SSSR count). The van der Waals surface area contributed by atoms with E-state index in [4.69, 9.17) is 5.11 Å². The number of pyridine rings is 1. The fourth-order valence-electron chi connectivity index (χ4n) is 2.75. The van der Waals surface area contributed by atoms with Gasteiger partial charge in [-0.3, -0.25) is 9.59 Å². The predicted octanol–water partition coefficient (Wildman–Crippen LogP) is 1.83. The topological polar surface area (TPSA) is 73.4 Å². The van der Waals surface area contributed by atoms with E-state index in [0.29, 0.717) is 6.54 Å². The van der Waals surface area contributed by atoms with Gasteiger partial charge >= 0.3 is 5.97 Å². The Balaban J connectivity index is 1.91. The number of aromatic nitrogens is 1. The highest BCUT2D eigenvalue weighted by Gasteiger charge is 2.25. The van der Waals surface area contributed by atoms with Crippen LogP contribution in [0.15, 0.2) is 35.1 Å².